The molecule has 46 valence electrons. The van der Waals surface area contributed by atoms with Gasteiger partial charge in [0.2, 0.25) is 18.5 Å². The first-order chi connectivity index (χ1) is 3.89. The monoisotopic (exact) mass is 132 g/mol. The van der Waals surface area contributed by atoms with Crippen LogP contribution in [0.5, 0.6) is 0 Å². The largest absolute Gasteiger partial charge is 0.212 e. The predicted molar refractivity (Wildman–Crippen MR) is 34.8 cm³/mol. The molecule has 0 N–H and O–H groups in total. The summed E-state index contributed by atoms with van der Waals surface area (Å²) in [6.07, 6.45) is 3.52. The van der Waals surface area contributed by atoms with Gasteiger partial charge in [0.25, 0.3) is 0 Å². The highest BCUT2D eigenvalue weighted by Gasteiger charge is 2.13. The number of hydrogen-bond donors (Lipinski definition) is 0. The summed E-state index contributed by atoms with van der Waals surface area (Å²) in [7, 11) is 0. The van der Waals surface area contributed by atoms with E-state index in [4.69, 9.17) is 0 Å². The molecule has 0 aromatic carbocycles. The molecule has 0 aromatic rings. The van der Waals surface area contributed by atoms with Crippen LogP contribution in [0.25, 0.3) is 0 Å². The van der Waals surface area contributed by atoms with E-state index in [1.807, 2.05) is 0 Å². The molecule has 0 amide bonds. The third-order valence-corrected chi connectivity index (χ3v) is 2.16. The van der Waals surface area contributed by atoms with Gasteiger partial charge in [0.15, 0.2) is 0 Å². The molecule has 1 heterocycles. The average molecular weight is 132 g/mol. The van der Waals surface area contributed by atoms with Crippen molar-refractivity contribution in [2.45, 2.75) is 19.3 Å². The minimum atomic E-state index is 0.727. The molecule has 0 unspecified atom stereocenters. The van der Waals surface area contributed by atoms with Crippen molar-refractivity contribution in [3.8, 4) is 0 Å². The van der Waals surface area contributed by atoms with Crippen molar-refractivity contribution in [2.24, 2.45) is 0 Å². The summed E-state index contributed by atoms with van der Waals surface area (Å²) < 4.78 is 1.09. The van der Waals surface area contributed by atoms with Gasteiger partial charge in [0.05, 0.1) is 9.92 Å². The molecule has 8 heavy (non-hydrogen) atoms. The van der Waals surface area contributed by atoms with Crippen LogP contribution in [-0.2, 0) is 0 Å². The van der Waals surface area contributed by atoms with E-state index in [0.29, 0.717) is 0 Å². The summed E-state index contributed by atoms with van der Waals surface area (Å²) in [5, 5.41) is 0. The van der Waals surface area contributed by atoms with Crippen LogP contribution in [0, 0.1) is 4.91 Å². The molecule has 1 aliphatic heterocycles. The lowest BCUT2D eigenvalue weighted by Gasteiger charge is -1.79. The maximum absolute atomic E-state index is 10.6. The first-order valence-corrected chi connectivity index (χ1v) is 3.91. The fourth-order valence-electron chi connectivity index (χ4n) is 0.751. The van der Waals surface area contributed by atoms with Crippen LogP contribution in [0.4, 0.5) is 0 Å². The van der Waals surface area contributed by atoms with Gasteiger partial charge in [0.1, 0.15) is 0 Å². The fraction of sp³-hybridized carbons (Fsp3) is 1.00. The zero-order valence-corrected chi connectivity index (χ0v) is 5.62. The minimum absolute atomic E-state index is 0.727. The summed E-state index contributed by atoms with van der Waals surface area (Å²) in [5.74, 6) is 1.02. The Bertz CT molecular complexity index is 84.4. The van der Waals surface area contributed by atoms with E-state index in [1.54, 1.807) is 0 Å². The molecular weight excluding hydrogens is 122 g/mol. The quantitative estimate of drug-likeness (QED) is 0.368. The van der Waals surface area contributed by atoms with Crippen molar-refractivity contribution in [1.82, 2.24) is 0 Å². The van der Waals surface area contributed by atoms with E-state index in [9.17, 15) is 4.91 Å². The van der Waals surface area contributed by atoms with Gasteiger partial charge in [-0.1, -0.05) is 0 Å². The Labute approximate surface area is 53.4 Å². The second-order valence-electron chi connectivity index (χ2n) is 1.95. The smallest absolute Gasteiger partial charge is 0.0461 e. The molecule has 3 heteroatoms. The van der Waals surface area contributed by atoms with Crippen LogP contribution < -0.4 is 0 Å². The average Bonchev–Trinajstić information content (AvgIpc) is 1.94. The van der Waals surface area contributed by atoms with Crippen LogP contribution in [0.1, 0.15) is 19.3 Å². The van der Waals surface area contributed by atoms with Gasteiger partial charge in [0, 0.05) is 11.3 Å². The topological polar surface area (TPSA) is 20.1 Å². The Morgan fingerprint density at radius 2 is 2.12 bits per heavy atom. The first-order valence-electron chi connectivity index (χ1n) is 2.97. The molecule has 1 saturated heterocycles. The Morgan fingerprint density at radius 1 is 1.25 bits per heavy atom. The molecule has 0 atom stereocenters. The Balaban J connectivity index is 2.27. The van der Waals surface area contributed by atoms with Crippen molar-refractivity contribution in [2.75, 3.05) is 12.3 Å². The second-order valence-corrected chi connectivity index (χ2v) is 3.02. The maximum Gasteiger partial charge on any atom is 0.212 e. The highest BCUT2D eigenvalue weighted by Crippen LogP contribution is 2.12. The lowest BCUT2D eigenvalue weighted by molar-refractivity contribution is -0.370. The van der Waals surface area contributed by atoms with Crippen molar-refractivity contribution in [3.63, 3.8) is 0 Å². The molecule has 0 spiro atoms. The Kier molecular flexibility index (Phi) is 2.33. The maximum atomic E-state index is 10.6. The van der Waals surface area contributed by atoms with Gasteiger partial charge in [-0.2, -0.15) is 0 Å². The molecular formula is C5H10NOS+. The third-order valence-electron chi connectivity index (χ3n) is 1.22. The van der Waals surface area contributed by atoms with Gasteiger partial charge < -0.3 is 0 Å². The van der Waals surface area contributed by atoms with Crippen LogP contribution in [0.15, 0.2) is 0 Å². The van der Waals surface area contributed by atoms with Crippen molar-refractivity contribution in [1.29, 1.82) is 0 Å². The standard InChI is InChI=1S/C5H10NOS/c7-6-4-2-1-3-5-8-6/h1-5H2/q+1. The normalized spacial score (nSPS) is 22.8. The van der Waals surface area contributed by atoms with E-state index < -0.39 is 0 Å². The van der Waals surface area contributed by atoms with Gasteiger partial charge in [-0.05, 0) is 12.8 Å². The van der Waals surface area contributed by atoms with E-state index in [1.165, 1.54) is 24.8 Å². The van der Waals surface area contributed by atoms with Crippen molar-refractivity contribution >= 4 is 11.9 Å². The number of nitrogens with zero attached hydrogens (tertiary/aromatic N) is 1. The molecule has 0 aliphatic carbocycles. The molecule has 0 radical (unpaired) electrons. The molecule has 1 rings (SSSR count). The summed E-state index contributed by atoms with van der Waals surface area (Å²) in [5.41, 5.74) is 0. The Hall–Kier alpha value is -0.0500. The molecule has 2 nitrogen and oxygen atoms in total. The highest BCUT2D eigenvalue weighted by atomic mass is 32.2. The zero-order chi connectivity index (χ0) is 5.82. The highest BCUT2D eigenvalue weighted by molar-refractivity contribution is 7.93. The number of hydrogen-bond acceptors (Lipinski definition) is 2. The predicted octanol–water partition coefficient (Wildman–Crippen LogP) is 1.60. The van der Waals surface area contributed by atoms with E-state index in [0.717, 1.165) is 22.9 Å². The van der Waals surface area contributed by atoms with Gasteiger partial charge in [-0.3, -0.25) is 0 Å². The van der Waals surface area contributed by atoms with Crippen LogP contribution in [-0.4, -0.2) is 16.5 Å². The molecule has 1 aliphatic rings. The van der Waals surface area contributed by atoms with E-state index >= 15 is 0 Å². The lowest BCUT2D eigenvalue weighted by Crippen LogP contribution is -1.96. The molecule has 0 saturated carbocycles. The van der Waals surface area contributed by atoms with Gasteiger partial charge in [-0.25, -0.2) is 0 Å². The van der Waals surface area contributed by atoms with E-state index in [2.05, 4.69) is 0 Å². The first kappa shape index (κ1) is 6.08. The number of nitroso groups, excluding NO2 is 1. The summed E-state index contributed by atoms with van der Waals surface area (Å²) >= 11 is 1.42. The zero-order valence-electron chi connectivity index (χ0n) is 4.80. The third kappa shape index (κ3) is 1.82. The molecule has 0 aromatic heterocycles. The minimum Gasteiger partial charge on any atom is -0.0461 e. The molecule has 0 bridgehead atoms. The number of rotatable bonds is 0. The van der Waals surface area contributed by atoms with Gasteiger partial charge in [-0.15, -0.1) is 0 Å². The summed E-state index contributed by atoms with van der Waals surface area (Å²) in [4.78, 5) is 10.6. The van der Waals surface area contributed by atoms with Crippen LogP contribution >= 0.6 is 11.9 Å². The molecule has 1 fully saturated rings. The van der Waals surface area contributed by atoms with E-state index in [-0.39, 0.29) is 0 Å². The van der Waals surface area contributed by atoms with Crippen molar-refractivity contribution < 1.29 is 4.17 Å². The van der Waals surface area contributed by atoms with Crippen LogP contribution in [0.2, 0.25) is 0 Å². The SMILES string of the molecule is O=[N+]1CCCCCS1. The summed E-state index contributed by atoms with van der Waals surface area (Å²) in [6.45, 7) is 0.727. The summed E-state index contributed by atoms with van der Waals surface area (Å²) in [6, 6.07) is 0. The van der Waals surface area contributed by atoms with Crippen LogP contribution in [0.3, 0.4) is 0 Å². The fourth-order valence-corrected chi connectivity index (χ4v) is 1.55. The second kappa shape index (κ2) is 3.07. The Morgan fingerprint density at radius 3 is 3.00 bits per heavy atom. The lowest BCUT2D eigenvalue weighted by atomic mass is 10.3. The van der Waals surface area contributed by atoms with Crippen molar-refractivity contribution in [3.05, 3.63) is 4.91 Å². The van der Waals surface area contributed by atoms with Gasteiger partial charge >= 0.3 is 0 Å².